The number of piperidine rings is 1. The molecule has 2 saturated heterocycles. The van der Waals surface area contributed by atoms with Gasteiger partial charge in [0.25, 0.3) is 5.91 Å². The number of likely N-dealkylation sites (N-methyl/N-ethyl adjacent to an activating group) is 1. The van der Waals surface area contributed by atoms with Crippen molar-refractivity contribution in [2.24, 2.45) is 13.0 Å². The van der Waals surface area contributed by atoms with E-state index in [1.54, 1.807) is 15.9 Å². The van der Waals surface area contributed by atoms with E-state index < -0.39 is 0 Å². The summed E-state index contributed by atoms with van der Waals surface area (Å²) in [5.74, 6) is 0.763. The number of fused-ring (bicyclic) bond motifs is 1. The maximum atomic E-state index is 13.5. The monoisotopic (exact) mass is 570 g/mol. The molecule has 4 heterocycles. The van der Waals surface area contributed by atoms with Crippen molar-refractivity contribution in [2.75, 3.05) is 57.9 Å². The van der Waals surface area contributed by atoms with E-state index in [9.17, 15) is 10.1 Å². The summed E-state index contributed by atoms with van der Waals surface area (Å²) >= 11 is 0. The molecule has 11 nitrogen and oxygen atoms in total. The Bertz CT molecular complexity index is 1410. The molecule has 0 spiro atoms. The number of rotatable bonds is 8. The fraction of sp³-hybridized carbons (Fsp3) is 0.581. The number of nitriles is 1. The Morgan fingerprint density at radius 2 is 1.71 bits per heavy atom. The molecular formula is C31H42N10O. The van der Waals surface area contributed by atoms with Crippen LogP contribution in [0.5, 0.6) is 0 Å². The maximum absolute atomic E-state index is 13.5. The van der Waals surface area contributed by atoms with Gasteiger partial charge in [0.1, 0.15) is 6.07 Å². The first kappa shape index (κ1) is 28.5. The van der Waals surface area contributed by atoms with Gasteiger partial charge in [-0.05, 0) is 69.4 Å². The number of aryl methyl sites for hydroxylation is 1. The molecule has 2 aliphatic heterocycles. The molecule has 1 amide bonds. The van der Waals surface area contributed by atoms with Gasteiger partial charge in [0.2, 0.25) is 5.82 Å². The van der Waals surface area contributed by atoms with Crippen molar-refractivity contribution in [1.29, 1.82) is 5.26 Å². The van der Waals surface area contributed by atoms with Gasteiger partial charge in [-0.1, -0.05) is 25.0 Å². The van der Waals surface area contributed by atoms with Crippen molar-refractivity contribution in [3.8, 4) is 6.07 Å². The fourth-order valence-corrected chi connectivity index (χ4v) is 6.70. The second-order valence-electron chi connectivity index (χ2n) is 12.3. The molecule has 2 aromatic heterocycles. The van der Waals surface area contributed by atoms with Crippen molar-refractivity contribution >= 4 is 22.9 Å². The van der Waals surface area contributed by atoms with Crippen molar-refractivity contribution in [3.05, 3.63) is 47.5 Å². The fourth-order valence-electron chi connectivity index (χ4n) is 6.70. The van der Waals surface area contributed by atoms with Crippen LogP contribution in [0.1, 0.15) is 60.3 Å². The van der Waals surface area contributed by atoms with E-state index in [1.165, 1.54) is 57.4 Å². The van der Waals surface area contributed by atoms with Crippen molar-refractivity contribution in [1.82, 2.24) is 39.6 Å². The van der Waals surface area contributed by atoms with E-state index in [0.717, 1.165) is 32.5 Å². The maximum Gasteiger partial charge on any atom is 0.269 e. The zero-order valence-corrected chi connectivity index (χ0v) is 24.9. The Kier molecular flexibility index (Phi) is 8.65. The number of hydrogen-bond donors (Lipinski definition) is 1. The van der Waals surface area contributed by atoms with E-state index >= 15 is 0 Å². The quantitative estimate of drug-likeness (QED) is 0.409. The van der Waals surface area contributed by atoms with Crippen LogP contribution in [0.4, 0.5) is 5.82 Å². The molecule has 3 aromatic rings. The zero-order chi connectivity index (χ0) is 29.1. The number of aromatic nitrogens is 4. The van der Waals surface area contributed by atoms with Crippen molar-refractivity contribution < 1.29 is 4.79 Å². The average Bonchev–Trinajstić information content (AvgIpc) is 3.67. The molecular weight excluding hydrogens is 528 g/mol. The predicted octanol–water partition coefficient (Wildman–Crippen LogP) is 2.79. The molecule has 222 valence electrons. The van der Waals surface area contributed by atoms with E-state index in [1.807, 2.05) is 19.2 Å². The molecule has 3 fully saturated rings. The van der Waals surface area contributed by atoms with Gasteiger partial charge < -0.3 is 9.47 Å². The largest absolute Gasteiger partial charge is 0.318 e. The number of hydrazine groups is 1. The van der Waals surface area contributed by atoms with Crippen LogP contribution < -0.4 is 10.4 Å². The highest BCUT2D eigenvalue weighted by Gasteiger charge is 2.27. The summed E-state index contributed by atoms with van der Waals surface area (Å²) < 4.78 is 1.77. The van der Waals surface area contributed by atoms with Crippen LogP contribution in [0.15, 0.2) is 30.6 Å². The first-order valence-electron chi connectivity index (χ1n) is 15.4. The number of carbonyl (C=O) groups excluding carboxylic acids is 1. The third-order valence-electron chi connectivity index (χ3n) is 9.28. The summed E-state index contributed by atoms with van der Waals surface area (Å²) in [4.78, 5) is 34.5. The zero-order valence-electron chi connectivity index (χ0n) is 24.9. The first-order valence-corrected chi connectivity index (χ1v) is 15.4. The number of piperazine rings is 1. The van der Waals surface area contributed by atoms with Gasteiger partial charge in [-0.15, -0.1) is 0 Å². The molecule has 1 saturated carbocycles. The molecule has 0 unspecified atom stereocenters. The van der Waals surface area contributed by atoms with Gasteiger partial charge in [-0.3, -0.25) is 25.0 Å². The molecule has 6 rings (SSSR count). The molecule has 42 heavy (non-hydrogen) atoms. The number of hydrogen-bond acceptors (Lipinski definition) is 9. The Labute approximate surface area is 248 Å². The summed E-state index contributed by atoms with van der Waals surface area (Å²) in [5.41, 5.74) is 6.05. The molecule has 0 atom stereocenters. The molecule has 11 heteroatoms. The Balaban J connectivity index is 1.11. The topological polar surface area (TPSA) is 109 Å². The smallest absolute Gasteiger partial charge is 0.269 e. The van der Waals surface area contributed by atoms with E-state index in [-0.39, 0.29) is 11.7 Å². The minimum atomic E-state index is -0.200. The highest BCUT2D eigenvalue weighted by Crippen LogP contribution is 2.29. The van der Waals surface area contributed by atoms with Crippen LogP contribution in [-0.2, 0) is 13.6 Å². The van der Waals surface area contributed by atoms with Crippen molar-refractivity contribution in [3.63, 3.8) is 0 Å². The summed E-state index contributed by atoms with van der Waals surface area (Å²) in [7, 11) is 4.05. The predicted molar refractivity (Wildman–Crippen MR) is 162 cm³/mol. The minimum Gasteiger partial charge on any atom is -0.318 e. The summed E-state index contributed by atoms with van der Waals surface area (Å²) in [6.07, 6.45) is 8.70. The van der Waals surface area contributed by atoms with E-state index in [2.05, 4.69) is 60.3 Å². The van der Waals surface area contributed by atoms with Gasteiger partial charge in [0.15, 0.2) is 17.0 Å². The molecule has 1 aliphatic carbocycles. The van der Waals surface area contributed by atoms with E-state index in [4.69, 9.17) is 0 Å². The highest BCUT2D eigenvalue weighted by molar-refractivity contribution is 5.96. The Morgan fingerprint density at radius 3 is 2.40 bits per heavy atom. The third-order valence-corrected chi connectivity index (χ3v) is 9.28. The summed E-state index contributed by atoms with van der Waals surface area (Å²) in [6, 6.07) is 10.7. The number of amides is 1. The van der Waals surface area contributed by atoms with Crippen LogP contribution in [0.2, 0.25) is 0 Å². The lowest BCUT2D eigenvalue weighted by molar-refractivity contribution is 0.0658. The lowest BCUT2D eigenvalue weighted by Crippen LogP contribution is -2.52. The Morgan fingerprint density at radius 1 is 1.00 bits per heavy atom. The number of benzene rings is 1. The molecule has 0 bridgehead atoms. The summed E-state index contributed by atoms with van der Waals surface area (Å²) in [6.45, 7) is 8.46. The van der Waals surface area contributed by atoms with Crippen LogP contribution in [0.25, 0.3) is 11.2 Å². The van der Waals surface area contributed by atoms with Crippen molar-refractivity contribution in [2.45, 2.75) is 51.1 Å². The number of nitrogens with zero attached hydrogens (tertiary/aromatic N) is 9. The summed E-state index contributed by atoms with van der Waals surface area (Å²) in [5, 5.41) is 11.4. The van der Waals surface area contributed by atoms with Crippen LogP contribution in [-0.4, -0.2) is 99.0 Å². The van der Waals surface area contributed by atoms with Crippen LogP contribution in [0.3, 0.4) is 0 Å². The van der Waals surface area contributed by atoms with Gasteiger partial charge in [0.05, 0.1) is 6.33 Å². The van der Waals surface area contributed by atoms with Gasteiger partial charge in [-0.25, -0.2) is 4.98 Å². The standard InChI is InChI=1S/C31H42N10O/c1-37-15-17-40(18-16-37)26-11-13-39(14-12-26)20-24-7-9-25(10-8-24)31(42)36-41(21-23-5-3-4-6-23)30-28-29(38(2)22-33-28)34-27(19-32)35-30/h7-10,22-23,26H,3-6,11-18,20-21H2,1-2H3,(H,36,42). The molecule has 0 radical (unpaired) electrons. The number of carbonyl (C=O) groups is 1. The normalized spacial score (nSPS) is 19.7. The van der Waals surface area contributed by atoms with Gasteiger partial charge >= 0.3 is 0 Å². The van der Waals surface area contributed by atoms with Gasteiger partial charge in [0, 0.05) is 57.9 Å². The lowest BCUT2D eigenvalue weighted by Gasteiger charge is -2.42. The van der Waals surface area contributed by atoms with Crippen LogP contribution >= 0.6 is 0 Å². The molecule has 1 aromatic carbocycles. The number of anilines is 1. The third kappa shape index (κ3) is 6.41. The first-order chi connectivity index (χ1) is 20.5. The van der Waals surface area contributed by atoms with Gasteiger partial charge in [-0.2, -0.15) is 15.2 Å². The SMILES string of the molecule is CN1CCN(C2CCN(Cc3ccc(C(=O)NN(CC4CCCC4)c4nc(C#N)nc5c4ncn5C)cc3)CC2)CC1. The average molecular weight is 571 g/mol. The van der Waals surface area contributed by atoms with E-state index in [0.29, 0.717) is 41.0 Å². The highest BCUT2D eigenvalue weighted by atomic mass is 16.2. The number of nitrogens with one attached hydrogen (secondary N) is 1. The Hall–Kier alpha value is -3.59. The van der Waals surface area contributed by atoms with Crippen LogP contribution in [0, 0.1) is 17.2 Å². The second kappa shape index (κ2) is 12.7. The number of imidazole rings is 1. The molecule has 3 aliphatic rings. The number of likely N-dealkylation sites (tertiary alicyclic amines) is 1. The molecule has 1 N–H and O–H groups in total. The minimum absolute atomic E-state index is 0.0590. The second-order valence-corrected chi connectivity index (χ2v) is 12.3. The lowest BCUT2D eigenvalue weighted by atomic mass is 10.0.